The van der Waals surface area contributed by atoms with Crippen molar-refractivity contribution in [2.75, 3.05) is 43.4 Å². The van der Waals surface area contributed by atoms with Gasteiger partial charge < -0.3 is 15.5 Å². The van der Waals surface area contributed by atoms with E-state index in [-0.39, 0.29) is 11.6 Å². The number of benzene rings is 1. The lowest BCUT2D eigenvalue weighted by Crippen LogP contribution is -2.45. The number of likely N-dealkylation sites (N-methyl/N-ethyl adjacent to an activating group) is 1. The predicted octanol–water partition coefficient (Wildman–Crippen LogP) is 5.71. The number of hydrogen-bond acceptors (Lipinski definition) is 8. The smallest absolute Gasteiger partial charge is 0.341 e. The summed E-state index contributed by atoms with van der Waals surface area (Å²) in [6.07, 6.45) is 4.47. The highest BCUT2D eigenvalue weighted by molar-refractivity contribution is 6.00. The molecule has 1 fully saturated rings. The molecule has 3 aliphatic heterocycles. The molecule has 6 rings (SSSR count). The highest BCUT2D eigenvalue weighted by Gasteiger charge is 2.39. The molecular formula is C28H31F5N8. The maximum Gasteiger partial charge on any atom is 0.379 e. The molecule has 0 amide bonds. The predicted molar refractivity (Wildman–Crippen MR) is 147 cm³/mol. The summed E-state index contributed by atoms with van der Waals surface area (Å²) in [5.41, 5.74) is 2.10. The zero-order chi connectivity index (χ0) is 29.1. The van der Waals surface area contributed by atoms with Gasteiger partial charge in [-0.1, -0.05) is 13.0 Å². The molecule has 0 radical (unpaired) electrons. The van der Waals surface area contributed by atoms with Gasteiger partial charge in [-0.3, -0.25) is 9.89 Å². The molecule has 0 saturated carbocycles. The van der Waals surface area contributed by atoms with E-state index in [9.17, 15) is 17.6 Å². The van der Waals surface area contributed by atoms with E-state index >= 15 is 4.39 Å². The van der Waals surface area contributed by atoms with Crippen LogP contribution in [0.4, 0.5) is 39.4 Å². The van der Waals surface area contributed by atoms with Gasteiger partial charge in [0.25, 0.3) is 0 Å². The fraction of sp³-hybridized carbons (Fsp3) is 0.429. The van der Waals surface area contributed by atoms with Crippen LogP contribution in [0.15, 0.2) is 41.7 Å². The van der Waals surface area contributed by atoms with E-state index in [1.807, 2.05) is 25.3 Å². The lowest BCUT2D eigenvalue weighted by molar-refractivity contribution is 0.00819. The molecule has 1 unspecified atom stereocenters. The number of nitrogens with one attached hydrogen (secondary N) is 2. The van der Waals surface area contributed by atoms with Crippen LogP contribution in [0.25, 0.3) is 11.3 Å². The first-order valence-corrected chi connectivity index (χ1v) is 13.4. The van der Waals surface area contributed by atoms with E-state index in [2.05, 4.69) is 47.3 Å². The van der Waals surface area contributed by atoms with Crippen molar-refractivity contribution in [1.82, 2.24) is 24.8 Å². The average Bonchev–Trinajstić information content (AvgIpc) is 3.27. The molecule has 1 aromatic carbocycles. The Bertz CT molecular complexity index is 1410. The van der Waals surface area contributed by atoms with Crippen molar-refractivity contribution in [3.05, 3.63) is 59.4 Å². The Labute approximate surface area is 234 Å². The van der Waals surface area contributed by atoms with Crippen molar-refractivity contribution in [3.63, 3.8) is 0 Å². The number of anilines is 3. The molecule has 2 bridgehead atoms. The second kappa shape index (κ2) is 12.0. The van der Waals surface area contributed by atoms with Gasteiger partial charge in [0.15, 0.2) is 5.82 Å². The van der Waals surface area contributed by atoms with E-state index in [0.717, 1.165) is 69.7 Å². The van der Waals surface area contributed by atoms with Crippen molar-refractivity contribution >= 4 is 23.3 Å². The summed E-state index contributed by atoms with van der Waals surface area (Å²) < 4.78 is 58.9. The van der Waals surface area contributed by atoms with Crippen LogP contribution in [0.1, 0.15) is 37.8 Å². The molecular weight excluding hydrogens is 543 g/mol. The molecule has 5 heterocycles. The number of amidine groups is 1. The Kier molecular flexibility index (Phi) is 8.45. The van der Waals surface area contributed by atoms with Crippen LogP contribution >= 0.6 is 0 Å². The van der Waals surface area contributed by atoms with Crippen molar-refractivity contribution in [1.29, 1.82) is 0 Å². The normalized spacial score (nSPS) is 20.1. The lowest BCUT2D eigenvalue weighted by atomic mass is 9.87. The van der Waals surface area contributed by atoms with Crippen LogP contribution < -0.4 is 10.6 Å². The Morgan fingerprint density at radius 3 is 2.41 bits per heavy atom. The zero-order valence-corrected chi connectivity index (χ0v) is 22.8. The number of halogens is 5. The number of aromatic nitrogens is 3. The first kappa shape index (κ1) is 28.8. The third-order valence-electron chi connectivity index (χ3n) is 7.57. The molecule has 2 N–H and O–H groups in total. The van der Waals surface area contributed by atoms with Gasteiger partial charge in [-0.25, -0.2) is 23.7 Å². The number of fused-ring (bicyclic) bond motifs is 3. The van der Waals surface area contributed by atoms with Gasteiger partial charge in [0.05, 0.1) is 17.4 Å². The molecule has 0 aliphatic carbocycles. The molecule has 0 spiro atoms. The number of piperazine rings is 1. The summed E-state index contributed by atoms with van der Waals surface area (Å²) in [5, 5.41) is 6.12. The first-order valence-electron chi connectivity index (χ1n) is 13.4. The van der Waals surface area contributed by atoms with Crippen molar-refractivity contribution < 1.29 is 22.0 Å². The van der Waals surface area contributed by atoms with Crippen LogP contribution in [0.5, 0.6) is 0 Å². The summed E-state index contributed by atoms with van der Waals surface area (Å²) in [5.74, 6) is 0.461. The molecule has 1 atom stereocenters. The molecule has 2 aromatic heterocycles. The summed E-state index contributed by atoms with van der Waals surface area (Å²) >= 11 is 0. The van der Waals surface area contributed by atoms with Crippen molar-refractivity contribution in [3.8, 4) is 11.3 Å². The first-order chi connectivity index (χ1) is 19.6. The number of nitrogens with zero attached hydrogens (tertiary/aromatic N) is 6. The standard InChI is InChI=1S/C27H30F2N8.CHF3/c1-3-36-8-10-37(11-9-36)16-17-4-5-22(30-14-17)33-26-31-15-21(29)24(34-26)18-12-19-25(20(28)13-18)32-23-6-7-27(19,2)35-23;2-1(3)4/h4-5,12-15H,3,6-11,16H2,1-2H3,(H,32,35)(H,30,31,33,34);1H. The third-order valence-corrected chi connectivity index (χ3v) is 7.57. The Balaban J connectivity index is 0.000000794. The summed E-state index contributed by atoms with van der Waals surface area (Å²) in [6.45, 7) is 6.73. The van der Waals surface area contributed by atoms with Gasteiger partial charge in [-0.05, 0) is 43.7 Å². The maximum absolute atomic E-state index is 15.1. The van der Waals surface area contributed by atoms with Crippen LogP contribution in [0, 0.1) is 11.6 Å². The number of aliphatic imine (C=N–C) groups is 1. The number of alkyl halides is 3. The van der Waals surface area contributed by atoms with E-state index in [4.69, 9.17) is 0 Å². The van der Waals surface area contributed by atoms with Crippen molar-refractivity contribution in [2.24, 2.45) is 4.99 Å². The largest absolute Gasteiger partial charge is 0.379 e. The van der Waals surface area contributed by atoms with Gasteiger partial charge in [0.2, 0.25) is 5.95 Å². The second-order valence-corrected chi connectivity index (χ2v) is 10.4. The Hall–Kier alpha value is -3.71. The lowest BCUT2D eigenvalue weighted by Gasteiger charge is -2.33. The number of hydrogen-bond donors (Lipinski definition) is 2. The minimum absolute atomic E-state index is 0.0263. The van der Waals surface area contributed by atoms with Gasteiger partial charge in [-0.15, -0.1) is 0 Å². The summed E-state index contributed by atoms with van der Waals surface area (Å²) in [7, 11) is 0. The van der Waals surface area contributed by atoms with Gasteiger partial charge >= 0.3 is 6.68 Å². The molecule has 8 nitrogen and oxygen atoms in total. The molecule has 41 heavy (non-hydrogen) atoms. The zero-order valence-electron chi connectivity index (χ0n) is 22.8. The molecule has 3 aliphatic rings. The fourth-order valence-electron chi connectivity index (χ4n) is 5.35. The highest BCUT2D eigenvalue weighted by atomic mass is 19.4. The van der Waals surface area contributed by atoms with Crippen LogP contribution in [0.2, 0.25) is 0 Å². The van der Waals surface area contributed by atoms with Crippen LogP contribution in [-0.2, 0) is 12.1 Å². The Morgan fingerprint density at radius 1 is 1.00 bits per heavy atom. The van der Waals surface area contributed by atoms with E-state index in [1.54, 1.807) is 6.07 Å². The van der Waals surface area contributed by atoms with E-state index in [0.29, 0.717) is 22.6 Å². The molecule has 13 heteroatoms. The minimum atomic E-state index is -3.67. The molecule has 3 aromatic rings. The van der Waals surface area contributed by atoms with Crippen LogP contribution in [-0.4, -0.2) is 70.0 Å². The average molecular weight is 575 g/mol. The monoisotopic (exact) mass is 574 g/mol. The van der Waals surface area contributed by atoms with Crippen LogP contribution in [0.3, 0.4) is 0 Å². The van der Waals surface area contributed by atoms with E-state index in [1.165, 1.54) is 6.07 Å². The van der Waals surface area contributed by atoms with Gasteiger partial charge in [0, 0.05) is 56.5 Å². The minimum Gasteiger partial charge on any atom is -0.341 e. The van der Waals surface area contributed by atoms with E-state index < -0.39 is 23.9 Å². The molecule has 218 valence electrons. The molecule has 1 saturated heterocycles. The number of rotatable bonds is 6. The van der Waals surface area contributed by atoms with Crippen molar-refractivity contribution in [2.45, 2.75) is 45.5 Å². The Morgan fingerprint density at radius 2 is 1.73 bits per heavy atom. The van der Waals surface area contributed by atoms with Gasteiger partial charge in [0.1, 0.15) is 23.2 Å². The SMILES string of the molecule is CCN1CCN(Cc2ccc(Nc3ncc(F)c(-c4cc(F)c5c(c4)C4(C)CCC(=N4)N5)n3)nc2)CC1.FC(F)F. The quantitative estimate of drug-likeness (QED) is 0.365. The second-order valence-electron chi connectivity index (χ2n) is 10.4. The fourth-order valence-corrected chi connectivity index (χ4v) is 5.35. The summed E-state index contributed by atoms with van der Waals surface area (Å²) in [6, 6.07) is 6.97. The summed E-state index contributed by atoms with van der Waals surface area (Å²) in [4.78, 5) is 22.5. The maximum atomic E-state index is 15.1. The topological polar surface area (TPSA) is 81.6 Å². The highest BCUT2D eigenvalue weighted by Crippen LogP contribution is 2.46. The van der Waals surface area contributed by atoms with Gasteiger partial charge in [-0.2, -0.15) is 13.2 Å². The third kappa shape index (κ3) is 6.62. The number of pyridine rings is 1.